The third kappa shape index (κ3) is 3.90. The van der Waals surface area contributed by atoms with Crippen LogP contribution in [0.25, 0.3) is 10.8 Å². The van der Waals surface area contributed by atoms with Crippen LogP contribution in [0, 0.1) is 16.7 Å². The largest absolute Gasteiger partial charge is 0.755 e. The number of hydrogen-bond acceptors (Lipinski definition) is 8. The highest BCUT2D eigenvalue weighted by molar-refractivity contribution is 7.80. The summed E-state index contributed by atoms with van der Waals surface area (Å²) < 4.78 is 24.7. The van der Waals surface area contributed by atoms with Crippen molar-refractivity contribution < 1.29 is 18.7 Å². The molecular weight excluding hydrogens is 448 g/mol. The molecular formula is C22H19N4O4S2-. The second-order valence-corrected chi connectivity index (χ2v) is 9.68. The molecule has 1 aliphatic rings. The lowest BCUT2D eigenvalue weighted by Crippen LogP contribution is -2.28. The Hall–Kier alpha value is -3.13. The molecule has 2 atom stereocenters. The summed E-state index contributed by atoms with van der Waals surface area (Å²) >= 11 is -1.42. The molecule has 2 aromatic carbocycles. The number of nitrogens with zero attached hydrogens (tertiary/aromatic N) is 3. The molecule has 3 aromatic rings. The zero-order chi connectivity index (χ0) is 23.0. The van der Waals surface area contributed by atoms with Gasteiger partial charge in [0.05, 0.1) is 21.8 Å². The number of anilines is 1. The van der Waals surface area contributed by atoms with Gasteiger partial charge in [0, 0.05) is 28.5 Å². The predicted molar refractivity (Wildman–Crippen MR) is 122 cm³/mol. The maximum Gasteiger partial charge on any atom is 0.173 e. The van der Waals surface area contributed by atoms with Crippen LogP contribution in [0.4, 0.5) is 16.4 Å². The van der Waals surface area contributed by atoms with E-state index in [-0.39, 0.29) is 22.6 Å². The van der Waals surface area contributed by atoms with Crippen LogP contribution in [0.3, 0.4) is 0 Å². The number of rotatable bonds is 5. The molecule has 0 saturated carbocycles. The first kappa shape index (κ1) is 22.1. The number of benzene rings is 2. The summed E-state index contributed by atoms with van der Waals surface area (Å²) in [4.78, 5) is 13.3. The average molecular weight is 468 g/mol. The fourth-order valence-corrected chi connectivity index (χ4v) is 5.35. The molecule has 1 aromatic heterocycles. The van der Waals surface area contributed by atoms with Crippen molar-refractivity contribution in [3.63, 3.8) is 0 Å². The minimum atomic E-state index is -2.57. The molecule has 8 nitrogen and oxygen atoms in total. The SMILES string of the molecule is CCC1(C)CC(=O)c2sc(N=Nc3ccc(O)c4cccc(NS(=O)[O-])c34)c(C#N)c2C1. The van der Waals surface area contributed by atoms with E-state index in [2.05, 4.69) is 21.0 Å². The number of ketones is 1. The minimum absolute atomic E-state index is 0.0121. The Bertz CT molecular complexity index is 1340. The lowest BCUT2D eigenvalue weighted by Gasteiger charge is -2.31. The van der Waals surface area contributed by atoms with Gasteiger partial charge in [0.15, 0.2) is 10.8 Å². The molecule has 0 spiro atoms. The summed E-state index contributed by atoms with van der Waals surface area (Å²) in [5.74, 6) is -0.0222. The van der Waals surface area contributed by atoms with E-state index in [0.717, 1.165) is 23.3 Å². The minimum Gasteiger partial charge on any atom is -0.755 e. The molecule has 0 radical (unpaired) electrons. The first-order valence-electron chi connectivity index (χ1n) is 9.87. The fraction of sp³-hybridized carbons (Fsp3) is 0.273. The van der Waals surface area contributed by atoms with E-state index in [1.807, 2.05) is 13.8 Å². The van der Waals surface area contributed by atoms with E-state index in [1.54, 1.807) is 18.2 Å². The number of carbonyl (C=O) groups excluding carboxylic acids is 1. The number of Topliss-reactive ketones (excluding diaryl/α,β-unsaturated/α-hetero) is 1. The number of azo groups is 1. The van der Waals surface area contributed by atoms with Crippen LogP contribution in [-0.2, 0) is 17.7 Å². The van der Waals surface area contributed by atoms with Crippen LogP contribution in [0.2, 0.25) is 0 Å². The van der Waals surface area contributed by atoms with Crippen LogP contribution in [0.1, 0.15) is 47.5 Å². The van der Waals surface area contributed by atoms with Gasteiger partial charge in [-0.1, -0.05) is 26.0 Å². The average Bonchev–Trinajstić information content (AvgIpc) is 3.10. The topological polar surface area (TPSA) is 138 Å². The number of thiophene rings is 1. The van der Waals surface area contributed by atoms with Crippen molar-refractivity contribution in [1.29, 1.82) is 5.26 Å². The highest BCUT2D eigenvalue weighted by Crippen LogP contribution is 2.46. The van der Waals surface area contributed by atoms with E-state index < -0.39 is 11.3 Å². The Morgan fingerprint density at radius 3 is 2.78 bits per heavy atom. The third-order valence-electron chi connectivity index (χ3n) is 5.84. The Labute approximate surface area is 191 Å². The molecule has 4 rings (SSSR count). The first-order chi connectivity index (χ1) is 15.3. The van der Waals surface area contributed by atoms with Crippen molar-refractivity contribution >= 4 is 55.5 Å². The van der Waals surface area contributed by atoms with Crippen molar-refractivity contribution in [1.82, 2.24) is 0 Å². The van der Waals surface area contributed by atoms with E-state index in [9.17, 15) is 23.9 Å². The van der Waals surface area contributed by atoms with Crippen molar-refractivity contribution in [2.24, 2.45) is 15.6 Å². The summed E-state index contributed by atoms with van der Waals surface area (Å²) in [6, 6.07) is 9.92. The molecule has 2 N–H and O–H groups in total. The van der Waals surface area contributed by atoms with Crippen LogP contribution < -0.4 is 4.72 Å². The smallest absolute Gasteiger partial charge is 0.173 e. The summed E-state index contributed by atoms with van der Waals surface area (Å²) in [7, 11) is 0. The predicted octanol–water partition coefficient (Wildman–Crippen LogP) is 5.65. The van der Waals surface area contributed by atoms with Gasteiger partial charge >= 0.3 is 0 Å². The number of nitriles is 1. The van der Waals surface area contributed by atoms with E-state index in [0.29, 0.717) is 44.7 Å². The number of fused-ring (bicyclic) bond motifs is 2. The van der Waals surface area contributed by atoms with Gasteiger partial charge in [-0.15, -0.1) is 21.6 Å². The van der Waals surface area contributed by atoms with Gasteiger partial charge in [-0.05, 0) is 42.0 Å². The van der Waals surface area contributed by atoms with E-state index in [1.165, 1.54) is 12.1 Å². The van der Waals surface area contributed by atoms with Gasteiger partial charge in [0.1, 0.15) is 11.8 Å². The van der Waals surface area contributed by atoms with Crippen LogP contribution in [-0.4, -0.2) is 19.7 Å². The second-order valence-electron chi connectivity index (χ2n) is 8.01. The van der Waals surface area contributed by atoms with Crippen LogP contribution in [0.15, 0.2) is 40.6 Å². The fourth-order valence-electron chi connectivity index (χ4n) is 3.97. The van der Waals surface area contributed by atoms with E-state index in [4.69, 9.17) is 0 Å². The Balaban J connectivity index is 1.83. The van der Waals surface area contributed by atoms with E-state index >= 15 is 0 Å². The number of carbonyl (C=O) groups is 1. The lowest BCUT2D eigenvalue weighted by atomic mass is 9.72. The number of nitrogens with one attached hydrogen (secondary N) is 1. The molecule has 0 bridgehead atoms. The molecule has 0 fully saturated rings. The molecule has 2 unspecified atom stereocenters. The third-order valence-corrected chi connectivity index (χ3v) is 7.38. The van der Waals surface area contributed by atoms with Gasteiger partial charge in [-0.25, -0.2) is 0 Å². The Kier molecular flexibility index (Phi) is 5.81. The van der Waals surface area contributed by atoms with Crippen molar-refractivity contribution in [3.05, 3.63) is 46.3 Å². The normalized spacial score (nSPS) is 19.1. The highest BCUT2D eigenvalue weighted by Gasteiger charge is 2.37. The number of aromatic hydroxyl groups is 1. The van der Waals surface area contributed by atoms with Gasteiger partial charge in [-0.3, -0.25) is 9.00 Å². The quantitative estimate of drug-likeness (QED) is 0.369. The van der Waals surface area contributed by atoms with Crippen molar-refractivity contribution in [3.8, 4) is 11.8 Å². The second kappa shape index (κ2) is 8.43. The lowest BCUT2D eigenvalue weighted by molar-refractivity contribution is 0.0900. The highest BCUT2D eigenvalue weighted by atomic mass is 32.2. The molecule has 32 heavy (non-hydrogen) atoms. The zero-order valence-corrected chi connectivity index (χ0v) is 19.0. The van der Waals surface area contributed by atoms with Gasteiger partial charge in [-0.2, -0.15) is 5.26 Å². The molecule has 1 heterocycles. The molecule has 0 aliphatic heterocycles. The standard InChI is InChI=1S/C22H20N4O4S2/c1-3-22(2)9-13-14(11-23)21(31-20(13)18(28)10-22)25-24-15-7-8-17(27)12-5-4-6-16(19(12)15)26-32(29)30/h4-8,26-27H,3,9-10H2,1-2H3,(H,29,30)/p-1. The molecule has 164 valence electrons. The molecule has 0 saturated heterocycles. The Morgan fingerprint density at radius 1 is 1.31 bits per heavy atom. The Morgan fingerprint density at radius 2 is 2.09 bits per heavy atom. The summed E-state index contributed by atoms with van der Waals surface area (Å²) in [6.45, 7) is 4.08. The maximum atomic E-state index is 12.7. The number of phenols is 1. The molecule has 1 aliphatic carbocycles. The van der Waals surface area contributed by atoms with Gasteiger partial charge in [0.25, 0.3) is 0 Å². The van der Waals surface area contributed by atoms with Crippen molar-refractivity contribution in [2.45, 2.75) is 33.1 Å². The monoisotopic (exact) mass is 467 g/mol. The maximum absolute atomic E-state index is 12.7. The van der Waals surface area contributed by atoms with Gasteiger partial charge in [0.2, 0.25) is 0 Å². The molecule has 0 amide bonds. The van der Waals surface area contributed by atoms with Crippen LogP contribution >= 0.6 is 11.3 Å². The summed E-state index contributed by atoms with van der Waals surface area (Å²) in [6.07, 6.45) is 1.89. The first-order valence-corrected chi connectivity index (χ1v) is 11.8. The summed E-state index contributed by atoms with van der Waals surface area (Å²) in [5, 5.41) is 29.6. The molecule has 10 heteroatoms. The van der Waals surface area contributed by atoms with Crippen LogP contribution in [0.5, 0.6) is 5.75 Å². The number of hydrogen-bond donors (Lipinski definition) is 2. The zero-order valence-electron chi connectivity index (χ0n) is 17.3. The van der Waals surface area contributed by atoms with Crippen molar-refractivity contribution in [2.75, 3.05) is 4.72 Å². The number of phenolic OH excluding ortho intramolecular Hbond substituents is 1. The van der Waals surface area contributed by atoms with Gasteiger partial charge < -0.3 is 14.4 Å². The summed E-state index contributed by atoms with van der Waals surface area (Å²) in [5.41, 5.74) is 1.44.